The molecule has 35 heavy (non-hydrogen) atoms. The third-order valence-electron chi connectivity index (χ3n) is 5.70. The van der Waals surface area contributed by atoms with Gasteiger partial charge in [-0.15, -0.1) is 0 Å². The van der Waals surface area contributed by atoms with Gasteiger partial charge >= 0.3 is 5.97 Å². The fourth-order valence-corrected chi connectivity index (χ4v) is 4.05. The molecule has 0 radical (unpaired) electrons. The first-order valence-corrected chi connectivity index (χ1v) is 11.8. The SMILES string of the molecule is COC(=O)[C@H](Cc1ccc(OCCc2ccc3c(n2)NCCC3)cn1)NC(=O)c1ccccc1Cl. The van der Waals surface area contributed by atoms with Gasteiger partial charge in [-0.25, -0.2) is 9.78 Å². The maximum absolute atomic E-state index is 12.6. The third-order valence-corrected chi connectivity index (χ3v) is 6.03. The van der Waals surface area contributed by atoms with Gasteiger partial charge in [-0.1, -0.05) is 29.8 Å². The number of nitrogens with one attached hydrogen (secondary N) is 2. The minimum Gasteiger partial charge on any atom is -0.492 e. The van der Waals surface area contributed by atoms with Crippen molar-refractivity contribution in [1.29, 1.82) is 0 Å². The zero-order chi connectivity index (χ0) is 24.6. The number of aromatic nitrogens is 2. The number of carbonyl (C=O) groups is 2. The van der Waals surface area contributed by atoms with Crippen molar-refractivity contribution in [2.75, 3.05) is 25.6 Å². The Morgan fingerprint density at radius 3 is 2.74 bits per heavy atom. The Balaban J connectivity index is 1.32. The number of nitrogens with zero attached hydrogens (tertiary/aromatic N) is 2. The highest BCUT2D eigenvalue weighted by Gasteiger charge is 2.24. The summed E-state index contributed by atoms with van der Waals surface area (Å²) in [7, 11) is 1.27. The average molecular weight is 495 g/mol. The van der Waals surface area contributed by atoms with Gasteiger partial charge < -0.3 is 20.1 Å². The fourth-order valence-electron chi connectivity index (χ4n) is 3.82. The maximum Gasteiger partial charge on any atom is 0.328 e. The first kappa shape index (κ1) is 24.5. The van der Waals surface area contributed by atoms with E-state index < -0.39 is 17.9 Å². The lowest BCUT2D eigenvalue weighted by atomic mass is 10.1. The van der Waals surface area contributed by atoms with Crippen LogP contribution in [-0.4, -0.2) is 48.1 Å². The molecule has 1 aliphatic rings. The number of carbonyl (C=O) groups excluding carboxylic acids is 2. The van der Waals surface area contributed by atoms with Crippen molar-refractivity contribution in [3.8, 4) is 5.75 Å². The summed E-state index contributed by atoms with van der Waals surface area (Å²) in [6.07, 6.45) is 4.63. The van der Waals surface area contributed by atoms with E-state index in [9.17, 15) is 9.59 Å². The molecule has 2 N–H and O–H groups in total. The largest absolute Gasteiger partial charge is 0.492 e. The zero-order valence-corrected chi connectivity index (χ0v) is 20.2. The number of hydrogen-bond acceptors (Lipinski definition) is 7. The molecule has 1 amide bonds. The van der Waals surface area contributed by atoms with Gasteiger partial charge in [0.25, 0.3) is 5.91 Å². The van der Waals surface area contributed by atoms with Gasteiger partial charge in [0.1, 0.15) is 17.6 Å². The van der Waals surface area contributed by atoms with E-state index in [-0.39, 0.29) is 12.0 Å². The first-order valence-electron chi connectivity index (χ1n) is 11.5. The van der Waals surface area contributed by atoms with Gasteiger partial charge in [0.2, 0.25) is 0 Å². The third kappa shape index (κ3) is 6.48. The normalized spacial score (nSPS) is 13.2. The smallest absolute Gasteiger partial charge is 0.328 e. The van der Waals surface area contributed by atoms with Crippen LogP contribution >= 0.6 is 11.6 Å². The Bertz CT molecular complexity index is 1190. The minimum atomic E-state index is -0.910. The van der Waals surface area contributed by atoms with Crippen LogP contribution < -0.4 is 15.4 Å². The summed E-state index contributed by atoms with van der Waals surface area (Å²) in [5.41, 5.74) is 3.12. The molecule has 0 fully saturated rings. The molecule has 0 saturated carbocycles. The van der Waals surface area contributed by atoms with E-state index in [1.165, 1.54) is 12.7 Å². The second-order valence-corrected chi connectivity index (χ2v) is 8.56. The van der Waals surface area contributed by atoms with Crippen LogP contribution in [0.15, 0.2) is 54.7 Å². The molecule has 0 unspecified atom stereocenters. The summed E-state index contributed by atoms with van der Waals surface area (Å²) in [6.45, 7) is 1.42. The molecule has 0 bridgehead atoms. The number of methoxy groups -OCH3 is 1. The van der Waals surface area contributed by atoms with Gasteiger partial charge in [-0.3, -0.25) is 9.78 Å². The van der Waals surface area contributed by atoms with Crippen LogP contribution in [0.25, 0.3) is 0 Å². The molecule has 0 aliphatic carbocycles. The van der Waals surface area contributed by atoms with Crippen LogP contribution in [0.3, 0.4) is 0 Å². The van der Waals surface area contributed by atoms with E-state index in [1.54, 1.807) is 42.6 Å². The van der Waals surface area contributed by atoms with Crippen LogP contribution in [-0.2, 0) is 28.8 Å². The van der Waals surface area contributed by atoms with E-state index in [2.05, 4.69) is 26.7 Å². The zero-order valence-electron chi connectivity index (χ0n) is 19.4. The Hall–Kier alpha value is -3.65. The summed E-state index contributed by atoms with van der Waals surface area (Å²) in [4.78, 5) is 33.9. The van der Waals surface area contributed by atoms with Crippen molar-refractivity contribution in [2.45, 2.75) is 31.7 Å². The number of rotatable bonds is 9. The maximum atomic E-state index is 12.6. The predicted octanol–water partition coefficient (Wildman–Crippen LogP) is 3.62. The number of ether oxygens (including phenoxy) is 2. The van der Waals surface area contributed by atoms with Crippen molar-refractivity contribution in [1.82, 2.24) is 15.3 Å². The second-order valence-electron chi connectivity index (χ2n) is 8.16. The molecule has 3 aromatic rings. The Kier molecular flexibility index (Phi) is 8.15. The lowest BCUT2D eigenvalue weighted by Crippen LogP contribution is -2.43. The van der Waals surface area contributed by atoms with Gasteiger partial charge in [0.05, 0.1) is 30.5 Å². The summed E-state index contributed by atoms with van der Waals surface area (Å²) >= 11 is 6.10. The number of halogens is 1. The molecule has 4 rings (SSSR count). The number of amides is 1. The van der Waals surface area contributed by atoms with Crippen molar-refractivity contribution in [2.24, 2.45) is 0 Å². The van der Waals surface area contributed by atoms with Crippen LogP contribution in [0, 0.1) is 0 Å². The highest BCUT2D eigenvalue weighted by molar-refractivity contribution is 6.33. The van der Waals surface area contributed by atoms with Crippen molar-refractivity contribution in [3.05, 3.63) is 82.3 Å². The summed E-state index contributed by atoms with van der Waals surface area (Å²) in [6, 6.07) is 13.4. The van der Waals surface area contributed by atoms with E-state index in [4.69, 9.17) is 21.1 Å². The first-order chi connectivity index (χ1) is 17.0. The quantitative estimate of drug-likeness (QED) is 0.438. The van der Waals surface area contributed by atoms with E-state index in [0.29, 0.717) is 29.5 Å². The van der Waals surface area contributed by atoms with Gasteiger partial charge in [-0.05, 0) is 48.7 Å². The molecule has 9 heteroatoms. The number of esters is 1. The summed E-state index contributed by atoms with van der Waals surface area (Å²) in [5.74, 6) is 0.553. The minimum absolute atomic E-state index is 0.162. The monoisotopic (exact) mass is 494 g/mol. The molecule has 182 valence electrons. The van der Waals surface area contributed by atoms with Crippen molar-refractivity contribution >= 4 is 29.3 Å². The molecular formula is C26H27ClN4O4. The fraction of sp³-hybridized carbons (Fsp3) is 0.308. The lowest BCUT2D eigenvalue weighted by Gasteiger charge is -2.17. The summed E-state index contributed by atoms with van der Waals surface area (Å²) in [5, 5.41) is 6.32. The number of fused-ring (bicyclic) bond motifs is 1. The van der Waals surface area contributed by atoms with Crippen LogP contribution in [0.4, 0.5) is 5.82 Å². The highest BCUT2D eigenvalue weighted by atomic mass is 35.5. The highest BCUT2D eigenvalue weighted by Crippen LogP contribution is 2.20. The number of pyridine rings is 2. The van der Waals surface area contributed by atoms with Gasteiger partial charge in [-0.2, -0.15) is 0 Å². The standard InChI is InChI=1S/C26H27ClN4O4/c1-34-26(33)23(31-25(32)21-6-2-3-7-22(21)27)15-19-10-11-20(16-29-19)35-14-12-18-9-8-17-5-4-13-28-24(17)30-18/h2-3,6-11,16,23H,4-5,12-15H2,1H3,(H,28,30)(H,31,32)/t23-/m0/s1. The lowest BCUT2D eigenvalue weighted by molar-refractivity contribution is -0.142. The Morgan fingerprint density at radius 2 is 1.97 bits per heavy atom. The number of benzene rings is 1. The molecule has 1 aliphatic heterocycles. The van der Waals surface area contributed by atoms with E-state index in [0.717, 1.165) is 30.9 Å². The molecule has 8 nitrogen and oxygen atoms in total. The molecule has 2 aromatic heterocycles. The average Bonchev–Trinajstić information content (AvgIpc) is 2.89. The van der Waals surface area contributed by atoms with Crippen molar-refractivity contribution in [3.63, 3.8) is 0 Å². The number of hydrogen-bond donors (Lipinski definition) is 2. The van der Waals surface area contributed by atoms with Gasteiger partial charge in [0, 0.05) is 30.8 Å². The summed E-state index contributed by atoms with van der Waals surface area (Å²) < 4.78 is 10.7. The van der Waals surface area contributed by atoms with Crippen LogP contribution in [0.5, 0.6) is 5.75 Å². The Labute approximate surface area is 209 Å². The van der Waals surface area contributed by atoms with Crippen LogP contribution in [0.2, 0.25) is 5.02 Å². The molecular weight excluding hydrogens is 468 g/mol. The second kappa shape index (κ2) is 11.7. The van der Waals surface area contributed by atoms with E-state index >= 15 is 0 Å². The predicted molar refractivity (Wildman–Crippen MR) is 133 cm³/mol. The molecule has 0 spiro atoms. The van der Waals surface area contributed by atoms with Crippen LogP contribution in [0.1, 0.15) is 33.7 Å². The molecule has 1 aromatic carbocycles. The molecule has 1 atom stereocenters. The number of anilines is 1. The number of aryl methyl sites for hydroxylation is 1. The Morgan fingerprint density at radius 1 is 1.14 bits per heavy atom. The van der Waals surface area contributed by atoms with Crippen molar-refractivity contribution < 1.29 is 19.1 Å². The topological polar surface area (TPSA) is 102 Å². The molecule has 3 heterocycles. The molecule has 0 saturated heterocycles. The van der Waals surface area contributed by atoms with Gasteiger partial charge in [0.15, 0.2) is 0 Å². The van der Waals surface area contributed by atoms with E-state index in [1.807, 2.05) is 6.07 Å².